The lowest BCUT2D eigenvalue weighted by molar-refractivity contribution is 0.140. The lowest BCUT2D eigenvalue weighted by atomic mass is 10.1. The van der Waals surface area contributed by atoms with Gasteiger partial charge in [-0.1, -0.05) is 19.1 Å². The number of halogens is 1. The summed E-state index contributed by atoms with van der Waals surface area (Å²) in [5.74, 6) is 1.76. The lowest BCUT2D eigenvalue weighted by Gasteiger charge is -2.17. The fraction of sp³-hybridized carbons (Fsp3) is 0.650. The maximum atomic E-state index is 6.16. The summed E-state index contributed by atoms with van der Waals surface area (Å²) < 4.78 is 11.6. The number of guanidine groups is 1. The second kappa shape index (κ2) is 13.2. The number of ether oxygens (including phenoxy) is 2. The number of hydrogen-bond donors (Lipinski definition) is 2. The molecule has 1 unspecified atom stereocenters. The number of rotatable bonds is 9. The van der Waals surface area contributed by atoms with Crippen molar-refractivity contribution in [2.24, 2.45) is 4.99 Å². The molecule has 6 nitrogen and oxygen atoms in total. The Morgan fingerprint density at radius 1 is 1.33 bits per heavy atom. The first-order chi connectivity index (χ1) is 12.6. The van der Waals surface area contributed by atoms with Crippen LogP contribution in [-0.2, 0) is 11.3 Å². The van der Waals surface area contributed by atoms with Crippen LogP contribution >= 0.6 is 24.0 Å². The molecular weight excluding hydrogens is 455 g/mol. The van der Waals surface area contributed by atoms with Gasteiger partial charge in [-0.2, -0.15) is 0 Å². The molecule has 1 fully saturated rings. The summed E-state index contributed by atoms with van der Waals surface area (Å²) in [6.45, 7) is 12.1. The second-order valence-electron chi connectivity index (χ2n) is 6.73. The Morgan fingerprint density at radius 2 is 2.15 bits per heavy atom. The van der Waals surface area contributed by atoms with E-state index in [4.69, 9.17) is 14.5 Å². The first kappa shape index (κ1) is 24.0. The minimum absolute atomic E-state index is 0. The van der Waals surface area contributed by atoms with Crippen molar-refractivity contribution in [2.75, 3.05) is 46.4 Å². The quantitative estimate of drug-likeness (QED) is 0.317. The predicted molar refractivity (Wildman–Crippen MR) is 122 cm³/mol. The van der Waals surface area contributed by atoms with E-state index in [0.29, 0.717) is 13.2 Å². The van der Waals surface area contributed by atoms with Crippen molar-refractivity contribution in [3.63, 3.8) is 0 Å². The summed E-state index contributed by atoms with van der Waals surface area (Å²) in [6, 6.07) is 6.32. The number of benzene rings is 1. The van der Waals surface area contributed by atoms with Crippen molar-refractivity contribution in [3.8, 4) is 5.75 Å². The largest absolute Gasteiger partial charge is 0.488 e. The van der Waals surface area contributed by atoms with Crippen LogP contribution in [0.2, 0.25) is 0 Å². The molecule has 0 bridgehead atoms. The monoisotopic (exact) mass is 490 g/mol. The average molecular weight is 490 g/mol. The number of aliphatic imine (C=N–C) groups is 1. The van der Waals surface area contributed by atoms with Gasteiger partial charge in [0.05, 0.1) is 19.8 Å². The molecule has 1 aliphatic rings. The fourth-order valence-corrected chi connectivity index (χ4v) is 2.72. The highest BCUT2D eigenvalue weighted by molar-refractivity contribution is 14.0. The Morgan fingerprint density at radius 3 is 2.81 bits per heavy atom. The maximum absolute atomic E-state index is 6.16. The fourth-order valence-electron chi connectivity index (χ4n) is 2.72. The van der Waals surface area contributed by atoms with Crippen LogP contribution in [0.1, 0.15) is 31.4 Å². The minimum Gasteiger partial charge on any atom is -0.488 e. The van der Waals surface area contributed by atoms with Gasteiger partial charge in [-0.15, -0.1) is 24.0 Å². The zero-order chi connectivity index (χ0) is 18.8. The zero-order valence-corrected chi connectivity index (χ0v) is 19.4. The Labute approximate surface area is 181 Å². The van der Waals surface area contributed by atoms with Crippen LogP contribution < -0.4 is 15.4 Å². The first-order valence-corrected chi connectivity index (χ1v) is 9.67. The van der Waals surface area contributed by atoms with Gasteiger partial charge in [0.15, 0.2) is 5.96 Å². The number of aryl methyl sites for hydroxylation is 1. The number of likely N-dealkylation sites (N-methyl/N-ethyl adjacent to an activating group) is 1. The van der Waals surface area contributed by atoms with Gasteiger partial charge in [0.1, 0.15) is 11.9 Å². The number of nitrogens with one attached hydrogen (secondary N) is 2. The van der Waals surface area contributed by atoms with Crippen LogP contribution in [0.3, 0.4) is 0 Å². The number of hydrogen-bond acceptors (Lipinski definition) is 4. The van der Waals surface area contributed by atoms with Crippen molar-refractivity contribution in [1.29, 1.82) is 0 Å². The molecule has 0 aromatic heterocycles. The molecular formula is C20H35IN4O2. The molecule has 2 rings (SSSR count). The molecule has 0 saturated carbocycles. The molecule has 7 heteroatoms. The summed E-state index contributed by atoms with van der Waals surface area (Å²) >= 11 is 0. The van der Waals surface area contributed by atoms with Gasteiger partial charge in [-0.3, -0.25) is 0 Å². The zero-order valence-electron chi connectivity index (χ0n) is 17.1. The van der Waals surface area contributed by atoms with E-state index in [2.05, 4.69) is 61.6 Å². The molecule has 27 heavy (non-hydrogen) atoms. The van der Waals surface area contributed by atoms with Crippen LogP contribution in [-0.4, -0.2) is 63.4 Å². The molecule has 1 atom stereocenters. The van der Waals surface area contributed by atoms with E-state index in [1.807, 2.05) is 0 Å². The van der Waals surface area contributed by atoms with Crippen LogP contribution in [0.5, 0.6) is 5.75 Å². The summed E-state index contributed by atoms with van der Waals surface area (Å²) in [6.07, 6.45) is 1.10. The third-order valence-electron chi connectivity index (χ3n) is 4.48. The highest BCUT2D eigenvalue weighted by atomic mass is 127. The Kier molecular flexibility index (Phi) is 11.7. The molecule has 0 amide bonds. The van der Waals surface area contributed by atoms with Crippen molar-refractivity contribution >= 4 is 29.9 Å². The highest BCUT2D eigenvalue weighted by Gasteiger charge is 2.18. The second-order valence-corrected chi connectivity index (χ2v) is 6.73. The molecule has 1 heterocycles. The average Bonchev–Trinajstić information content (AvgIpc) is 3.13. The molecule has 0 aliphatic carbocycles. The van der Waals surface area contributed by atoms with Crippen LogP contribution in [0, 0.1) is 6.92 Å². The summed E-state index contributed by atoms with van der Waals surface area (Å²) in [7, 11) is 2.12. The predicted octanol–water partition coefficient (Wildman–Crippen LogP) is 2.79. The lowest BCUT2D eigenvalue weighted by Crippen LogP contribution is -2.40. The summed E-state index contributed by atoms with van der Waals surface area (Å²) in [5, 5.41) is 6.70. The summed E-state index contributed by atoms with van der Waals surface area (Å²) in [4.78, 5) is 7.01. The third kappa shape index (κ3) is 8.66. The van der Waals surface area contributed by atoms with E-state index >= 15 is 0 Å². The molecule has 1 saturated heterocycles. The van der Waals surface area contributed by atoms with E-state index in [1.165, 1.54) is 5.56 Å². The molecule has 1 aromatic rings. The van der Waals surface area contributed by atoms with E-state index in [0.717, 1.165) is 56.5 Å². The molecule has 2 N–H and O–H groups in total. The maximum Gasteiger partial charge on any atom is 0.191 e. The Bertz CT molecular complexity index is 577. The smallest absolute Gasteiger partial charge is 0.191 e. The van der Waals surface area contributed by atoms with E-state index in [-0.39, 0.29) is 30.1 Å². The van der Waals surface area contributed by atoms with Crippen molar-refractivity contribution in [1.82, 2.24) is 15.5 Å². The van der Waals surface area contributed by atoms with Gasteiger partial charge < -0.3 is 25.0 Å². The van der Waals surface area contributed by atoms with E-state index in [9.17, 15) is 0 Å². The van der Waals surface area contributed by atoms with Crippen LogP contribution in [0.15, 0.2) is 23.2 Å². The SMILES string of the molecule is CCNC(=NCc1ccc(C)cc1OC1CCOC1)NCCN(C)CC.I. The molecule has 1 aromatic carbocycles. The van der Waals surface area contributed by atoms with Crippen molar-refractivity contribution in [2.45, 2.75) is 39.8 Å². The molecule has 0 spiro atoms. The van der Waals surface area contributed by atoms with Gasteiger partial charge >= 0.3 is 0 Å². The van der Waals surface area contributed by atoms with Crippen LogP contribution in [0.4, 0.5) is 0 Å². The van der Waals surface area contributed by atoms with Crippen LogP contribution in [0.25, 0.3) is 0 Å². The topological polar surface area (TPSA) is 58.1 Å². The van der Waals surface area contributed by atoms with Gasteiger partial charge in [0, 0.05) is 31.6 Å². The molecule has 154 valence electrons. The summed E-state index contributed by atoms with van der Waals surface area (Å²) in [5.41, 5.74) is 2.30. The van der Waals surface area contributed by atoms with E-state index in [1.54, 1.807) is 0 Å². The Hall–Kier alpha value is -1.06. The van der Waals surface area contributed by atoms with Gasteiger partial charge in [0.25, 0.3) is 0 Å². The van der Waals surface area contributed by atoms with Gasteiger partial charge in [-0.25, -0.2) is 4.99 Å². The molecule has 1 aliphatic heterocycles. The highest BCUT2D eigenvalue weighted by Crippen LogP contribution is 2.24. The normalized spacial score (nSPS) is 16.9. The van der Waals surface area contributed by atoms with Crippen molar-refractivity contribution < 1.29 is 9.47 Å². The minimum atomic E-state index is 0. The van der Waals surface area contributed by atoms with E-state index < -0.39 is 0 Å². The van der Waals surface area contributed by atoms with Gasteiger partial charge in [0.2, 0.25) is 0 Å². The first-order valence-electron chi connectivity index (χ1n) is 9.67. The van der Waals surface area contributed by atoms with Gasteiger partial charge in [-0.05, 0) is 39.1 Å². The molecule has 0 radical (unpaired) electrons. The number of nitrogens with zero attached hydrogens (tertiary/aromatic N) is 2. The Balaban J connectivity index is 0.00000364. The third-order valence-corrected chi connectivity index (χ3v) is 4.48. The standard InChI is InChI=1S/C20H34N4O2.HI/c1-5-21-20(22-10-11-24(4)6-2)23-14-17-8-7-16(3)13-19(17)26-18-9-12-25-15-18;/h7-8,13,18H,5-6,9-12,14-15H2,1-4H3,(H2,21,22,23);1H. The van der Waals surface area contributed by atoms with Crippen molar-refractivity contribution in [3.05, 3.63) is 29.3 Å².